The molecule has 68 valence electrons. The zero-order chi connectivity index (χ0) is 8.72. The Kier molecular flexibility index (Phi) is 1.85. The van der Waals surface area contributed by atoms with E-state index >= 15 is 0 Å². The second kappa shape index (κ2) is 2.75. The van der Waals surface area contributed by atoms with Crippen LogP contribution >= 0.6 is 0 Å². The van der Waals surface area contributed by atoms with Crippen LogP contribution in [0.1, 0.15) is 33.1 Å². The normalized spacial score (nSPS) is 47.0. The van der Waals surface area contributed by atoms with Gasteiger partial charge in [0.2, 0.25) is 0 Å². The number of ether oxygens (including phenoxy) is 1. The van der Waals surface area contributed by atoms with Gasteiger partial charge in [-0.2, -0.15) is 0 Å². The van der Waals surface area contributed by atoms with E-state index in [1.54, 1.807) is 0 Å². The van der Waals surface area contributed by atoms with Crippen molar-refractivity contribution in [2.45, 2.75) is 39.2 Å². The molecule has 0 N–H and O–H groups in total. The van der Waals surface area contributed by atoms with Crippen LogP contribution in [0.25, 0.3) is 0 Å². The first-order valence-electron chi connectivity index (χ1n) is 4.89. The van der Waals surface area contributed by atoms with Gasteiger partial charge >= 0.3 is 5.97 Å². The fraction of sp³-hybridized carbons (Fsp3) is 0.900. The van der Waals surface area contributed by atoms with Crippen molar-refractivity contribution in [2.24, 2.45) is 17.8 Å². The molecule has 4 atom stereocenters. The number of hydrogen-bond acceptors (Lipinski definition) is 2. The maximum Gasteiger partial charge on any atom is 0.309 e. The van der Waals surface area contributed by atoms with Crippen LogP contribution in [0.15, 0.2) is 0 Å². The van der Waals surface area contributed by atoms with Gasteiger partial charge in [-0.3, -0.25) is 4.79 Å². The minimum atomic E-state index is 0.0269. The maximum absolute atomic E-state index is 11.2. The summed E-state index contributed by atoms with van der Waals surface area (Å²) >= 11 is 0. The zero-order valence-electron chi connectivity index (χ0n) is 7.75. The summed E-state index contributed by atoms with van der Waals surface area (Å²) in [4.78, 5) is 11.2. The lowest BCUT2D eigenvalue weighted by molar-refractivity contribution is -0.144. The molecule has 0 aromatic rings. The maximum atomic E-state index is 11.2. The fourth-order valence-electron chi connectivity index (χ4n) is 2.49. The predicted octanol–water partition coefficient (Wildman–Crippen LogP) is 1.98. The van der Waals surface area contributed by atoms with Crippen LogP contribution in [0.2, 0.25) is 0 Å². The first-order valence-corrected chi connectivity index (χ1v) is 4.89. The molecule has 12 heavy (non-hydrogen) atoms. The summed E-state index contributed by atoms with van der Waals surface area (Å²) in [5.41, 5.74) is 0. The summed E-state index contributed by atoms with van der Waals surface area (Å²) in [7, 11) is 0. The van der Waals surface area contributed by atoms with E-state index in [1.807, 2.05) is 6.92 Å². The molecule has 0 aromatic heterocycles. The summed E-state index contributed by atoms with van der Waals surface area (Å²) in [6, 6.07) is 0. The highest BCUT2D eigenvalue weighted by molar-refractivity contribution is 5.74. The topological polar surface area (TPSA) is 26.3 Å². The van der Waals surface area contributed by atoms with E-state index in [9.17, 15) is 4.79 Å². The van der Waals surface area contributed by atoms with E-state index in [1.165, 1.54) is 12.8 Å². The summed E-state index contributed by atoms with van der Waals surface area (Å²) < 4.78 is 5.31. The Morgan fingerprint density at radius 3 is 2.83 bits per heavy atom. The molecule has 2 nitrogen and oxygen atoms in total. The minimum absolute atomic E-state index is 0.0269. The molecule has 0 radical (unpaired) electrons. The molecule has 0 amide bonds. The minimum Gasteiger partial charge on any atom is -0.462 e. The summed E-state index contributed by atoms with van der Waals surface area (Å²) in [5, 5.41) is 0. The average Bonchev–Trinajstić information content (AvgIpc) is 2.28. The molecule has 1 aliphatic heterocycles. The van der Waals surface area contributed by atoms with Crippen LogP contribution in [-0.4, -0.2) is 12.1 Å². The van der Waals surface area contributed by atoms with E-state index < -0.39 is 0 Å². The molecular formula is C10H16O2. The van der Waals surface area contributed by atoms with E-state index in [0.29, 0.717) is 5.92 Å². The third-order valence-corrected chi connectivity index (χ3v) is 3.39. The Balaban J connectivity index is 2.09. The standard InChI is InChI=1S/C10H16O2/c1-6-3-4-8-7(2)10(11)12-9(8)5-6/h6-9H,3-5H2,1-2H3/t6-,7-,8+,9-/m1/s1. The number of carbonyl (C=O) groups excluding carboxylic acids is 1. The smallest absolute Gasteiger partial charge is 0.309 e. The van der Waals surface area contributed by atoms with E-state index in [2.05, 4.69) is 6.92 Å². The van der Waals surface area contributed by atoms with Gasteiger partial charge in [0, 0.05) is 5.92 Å². The molecule has 0 spiro atoms. The third-order valence-electron chi connectivity index (χ3n) is 3.39. The monoisotopic (exact) mass is 168 g/mol. The molecule has 2 heteroatoms. The second-order valence-corrected chi connectivity index (χ2v) is 4.35. The highest BCUT2D eigenvalue weighted by Gasteiger charge is 2.43. The number of rotatable bonds is 0. The predicted molar refractivity (Wildman–Crippen MR) is 45.5 cm³/mol. The molecule has 2 rings (SSSR count). The van der Waals surface area contributed by atoms with Crippen LogP contribution in [0.3, 0.4) is 0 Å². The molecule has 1 saturated carbocycles. The van der Waals surface area contributed by atoms with Crippen molar-refractivity contribution >= 4 is 5.97 Å². The zero-order valence-corrected chi connectivity index (χ0v) is 7.75. The summed E-state index contributed by atoms with van der Waals surface area (Å²) in [5.74, 6) is 1.44. The highest BCUT2D eigenvalue weighted by Crippen LogP contribution is 2.40. The first-order chi connectivity index (χ1) is 5.68. The lowest BCUT2D eigenvalue weighted by Crippen LogP contribution is -2.27. The van der Waals surface area contributed by atoms with Crippen molar-refractivity contribution in [3.8, 4) is 0 Å². The SMILES string of the molecule is C[C@@H]1CC[C@@H]2[C@@H](C1)OC(=O)[C@@H]2C. The van der Waals surface area contributed by atoms with Gasteiger partial charge in [-0.25, -0.2) is 0 Å². The number of hydrogen-bond donors (Lipinski definition) is 0. The Hall–Kier alpha value is -0.530. The van der Waals surface area contributed by atoms with Gasteiger partial charge in [0.1, 0.15) is 6.10 Å². The van der Waals surface area contributed by atoms with Crippen LogP contribution in [0.5, 0.6) is 0 Å². The Labute approximate surface area is 73.3 Å². The van der Waals surface area contributed by atoms with Crippen LogP contribution in [-0.2, 0) is 9.53 Å². The van der Waals surface area contributed by atoms with Crippen LogP contribution in [0, 0.1) is 17.8 Å². The van der Waals surface area contributed by atoms with Crippen LogP contribution < -0.4 is 0 Å². The highest BCUT2D eigenvalue weighted by atomic mass is 16.6. The lowest BCUT2D eigenvalue weighted by atomic mass is 9.77. The summed E-state index contributed by atoms with van der Waals surface area (Å²) in [6.45, 7) is 4.25. The van der Waals surface area contributed by atoms with E-state index in [0.717, 1.165) is 12.3 Å². The van der Waals surface area contributed by atoms with Gasteiger partial charge in [0.05, 0.1) is 5.92 Å². The average molecular weight is 168 g/mol. The number of carbonyl (C=O) groups is 1. The quantitative estimate of drug-likeness (QED) is 0.517. The molecule has 2 aliphatic rings. The molecular weight excluding hydrogens is 152 g/mol. The Bertz CT molecular complexity index is 200. The number of esters is 1. The van der Waals surface area contributed by atoms with Gasteiger partial charge < -0.3 is 4.74 Å². The molecule has 1 saturated heterocycles. The lowest BCUT2D eigenvalue weighted by Gasteiger charge is -2.28. The van der Waals surface area contributed by atoms with Gasteiger partial charge in [-0.1, -0.05) is 20.3 Å². The van der Waals surface area contributed by atoms with Crippen molar-refractivity contribution in [3.63, 3.8) is 0 Å². The second-order valence-electron chi connectivity index (χ2n) is 4.35. The first kappa shape index (κ1) is 8.09. The molecule has 0 bridgehead atoms. The number of fused-ring (bicyclic) bond motifs is 1. The van der Waals surface area contributed by atoms with Crippen LogP contribution in [0.4, 0.5) is 0 Å². The van der Waals surface area contributed by atoms with Gasteiger partial charge in [0.25, 0.3) is 0 Å². The van der Waals surface area contributed by atoms with Crippen molar-refractivity contribution in [2.75, 3.05) is 0 Å². The van der Waals surface area contributed by atoms with Gasteiger partial charge in [-0.05, 0) is 18.8 Å². The largest absolute Gasteiger partial charge is 0.462 e. The van der Waals surface area contributed by atoms with Crippen molar-refractivity contribution in [3.05, 3.63) is 0 Å². The molecule has 1 heterocycles. The fourth-order valence-corrected chi connectivity index (χ4v) is 2.49. The summed E-state index contributed by atoms with van der Waals surface area (Å²) in [6.07, 6.45) is 3.78. The Morgan fingerprint density at radius 1 is 1.33 bits per heavy atom. The molecule has 2 fully saturated rings. The van der Waals surface area contributed by atoms with Crippen molar-refractivity contribution in [1.82, 2.24) is 0 Å². The molecule has 0 unspecified atom stereocenters. The van der Waals surface area contributed by atoms with Gasteiger partial charge in [0.15, 0.2) is 0 Å². The Morgan fingerprint density at radius 2 is 2.08 bits per heavy atom. The van der Waals surface area contributed by atoms with E-state index in [-0.39, 0.29) is 18.0 Å². The van der Waals surface area contributed by atoms with Crippen molar-refractivity contribution < 1.29 is 9.53 Å². The molecule has 1 aliphatic carbocycles. The van der Waals surface area contributed by atoms with Gasteiger partial charge in [-0.15, -0.1) is 0 Å². The van der Waals surface area contributed by atoms with Crippen molar-refractivity contribution in [1.29, 1.82) is 0 Å². The third kappa shape index (κ3) is 1.13. The van der Waals surface area contributed by atoms with E-state index in [4.69, 9.17) is 4.74 Å². The molecule has 0 aromatic carbocycles.